The van der Waals surface area contributed by atoms with E-state index in [-0.39, 0.29) is 0 Å². The minimum absolute atomic E-state index is 0.551. The summed E-state index contributed by atoms with van der Waals surface area (Å²) in [5, 5.41) is 0.637. The van der Waals surface area contributed by atoms with Gasteiger partial charge >= 0.3 is 0 Å². The summed E-state index contributed by atoms with van der Waals surface area (Å²) in [5.74, 6) is 1.17. The van der Waals surface area contributed by atoms with Crippen LogP contribution < -0.4 is 5.73 Å². The molecule has 0 aromatic carbocycles. The zero-order valence-electron chi connectivity index (χ0n) is 7.00. The normalized spacial score (nSPS) is 27.6. The Kier molecular flexibility index (Phi) is 1.85. The standard InChI is InChI=1S/C8H12ClN3/c1-12-4-11-8(9)7(12)6-2-5(6)3-10/h4-6H,2-3,10H2,1H3/t5-,6+/m0/s1. The smallest absolute Gasteiger partial charge is 0.150 e. The Balaban J connectivity index is 2.23. The minimum atomic E-state index is 0.551. The Hall–Kier alpha value is -0.540. The van der Waals surface area contributed by atoms with Gasteiger partial charge in [0.2, 0.25) is 0 Å². The van der Waals surface area contributed by atoms with Gasteiger partial charge in [-0.15, -0.1) is 0 Å². The molecule has 2 atom stereocenters. The van der Waals surface area contributed by atoms with Crippen LogP contribution in [0.5, 0.6) is 0 Å². The summed E-state index contributed by atoms with van der Waals surface area (Å²) in [7, 11) is 1.97. The maximum absolute atomic E-state index is 5.93. The topological polar surface area (TPSA) is 43.8 Å². The van der Waals surface area contributed by atoms with E-state index in [2.05, 4.69) is 4.98 Å². The molecule has 1 aliphatic carbocycles. The quantitative estimate of drug-likeness (QED) is 0.751. The first-order valence-electron chi connectivity index (χ1n) is 4.10. The van der Waals surface area contributed by atoms with E-state index in [1.165, 1.54) is 0 Å². The molecule has 4 heteroatoms. The Labute approximate surface area is 76.5 Å². The zero-order chi connectivity index (χ0) is 8.72. The number of imidazole rings is 1. The van der Waals surface area contributed by atoms with Crippen LogP contribution in [0.1, 0.15) is 18.0 Å². The second kappa shape index (κ2) is 2.75. The van der Waals surface area contributed by atoms with Crippen molar-refractivity contribution in [3.63, 3.8) is 0 Å². The molecule has 2 rings (SSSR count). The van der Waals surface area contributed by atoms with Crippen LogP contribution in [0.2, 0.25) is 5.15 Å². The third-order valence-electron chi connectivity index (χ3n) is 2.51. The van der Waals surface area contributed by atoms with Gasteiger partial charge in [-0.05, 0) is 18.9 Å². The van der Waals surface area contributed by atoms with Crippen molar-refractivity contribution < 1.29 is 0 Å². The number of aryl methyl sites for hydroxylation is 1. The van der Waals surface area contributed by atoms with Gasteiger partial charge in [-0.1, -0.05) is 11.6 Å². The van der Waals surface area contributed by atoms with Crippen LogP contribution in [0.25, 0.3) is 0 Å². The first kappa shape index (κ1) is 8.08. The van der Waals surface area contributed by atoms with E-state index in [1.54, 1.807) is 6.33 Å². The molecule has 0 bridgehead atoms. The van der Waals surface area contributed by atoms with E-state index in [1.807, 2.05) is 11.6 Å². The molecule has 1 fully saturated rings. The molecule has 0 radical (unpaired) electrons. The van der Waals surface area contributed by atoms with Gasteiger partial charge in [0.1, 0.15) is 0 Å². The lowest BCUT2D eigenvalue weighted by Crippen LogP contribution is -2.03. The lowest BCUT2D eigenvalue weighted by Gasteiger charge is -2.00. The summed E-state index contributed by atoms with van der Waals surface area (Å²) >= 11 is 5.93. The fourth-order valence-electron chi connectivity index (χ4n) is 1.67. The summed E-state index contributed by atoms with van der Waals surface area (Å²) in [6.45, 7) is 0.756. The van der Waals surface area contributed by atoms with Crippen molar-refractivity contribution in [1.82, 2.24) is 9.55 Å². The van der Waals surface area contributed by atoms with Crippen molar-refractivity contribution in [2.45, 2.75) is 12.3 Å². The average Bonchev–Trinajstić information content (AvgIpc) is 2.74. The van der Waals surface area contributed by atoms with E-state index in [9.17, 15) is 0 Å². The van der Waals surface area contributed by atoms with Gasteiger partial charge in [0.05, 0.1) is 12.0 Å². The fraction of sp³-hybridized carbons (Fsp3) is 0.625. The first-order chi connectivity index (χ1) is 5.74. The molecule has 3 nitrogen and oxygen atoms in total. The molecule has 1 aromatic heterocycles. The number of hydrogen-bond acceptors (Lipinski definition) is 2. The lowest BCUT2D eigenvalue weighted by molar-refractivity contribution is 0.756. The van der Waals surface area contributed by atoms with Crippen molar-refractivity contribution in [1.29, 1.82) is 0 Å². The average molecular weight is 186 g/mol. The molecular weight excluding hydrogens is 174 g/mol. The van der Waals surface area contributed by atoms with Gasteiger partial charge < -0.3 is 10.3 Å². The van der Waals surface area contributed by atoms with Gasteiger partial charge in [-0.25, -0.2) is 4.98 Å². The molecule has 1 aromatic rings. The highest BCUT2D eigenvalue weighted by molar-refractivity contribution is 6.30. The van der Waals surface area contributed by atoms with Crippen molar-refractivity contribution in [2.75, 3.05) is 6.54 Å². The Bertz CT molecular complexity index is 275. The molecule has 0 amide bonds. The molecule has 0 unspecified atom stereocenters. The largest absolute Gasteiger partial charge is 0.336 e. The fourth-order valence-corrected chi connectivity index (χ4v) is 1.99. The summed E-state index contributed by atoms with van der Waals surface area (Å²) in [6.07, 6.45) is 2.92. The van der Waals surface area contributed by atoms with E-state index < -0.39 is 0 Å². The predicted octanol–water partition coefficient (Wildman–Crippen LogP) is 1.14. The molecule has 1 saturated carbocycles. The van der Waals surface area contributed by atoms with Crippen LogP contribution in [0.3, 0.4) is 0 Å². The molecular formula is C8H12ClN3. The molecule has 1 aliphatic rings. The Morgan fingerprint density at radius 3 is 3.00 bits per heavy atom. The van der Waals surface area contributed by atoms with Crippen molar-refractivity contribution in [3.8, 4) is 0 Å². The Morgan fingerprint density at radius 2 is 2.58 bits per heavy atom. The third kappa shape index (κ3) is 1.13. The summed E-state index contributed by atoms with van der Waals surface area (Å²) < 4.78 is 1.99. The predicted molar refractivity (Wildman–Crippen MR) is 48.1 cm³/mol. The molecule has 0 spiro atoms. The molecule has 2 N–H and O–H groups in total. The first-order valence-corrected chi connectivity index (χ1v) is 4.48. The van der Waals surface area contributed by atoms with Gasteiger partial charge in [0, 0.05) is 13.0 Å². The number of nitrogens with two attached hydrogens (primary N) is 1. The molecule has 0 aliphatic heterocycles. The maximum Gasteiger partial charge on any atom is 0.150 e. The second-order valence-electron chi connectivity index (χ2n) is 3.37. The number of nitrogens with zero attached hydrogens (tertiary/aromatic N) is 2. The van der Waals surface area contributed by atoms with Gasteiger partial charge in [-0.3, -0.25) is 0 Å². The van der Waals surface area contributed by atoms with Crippen LogP contribution in [0.4, 0.5) is 0 Å². The summed E-state index contributed by atoms with van der Waals surface area (Å²) in [5.41, 5.74) is 6.70. The lowest BCUT2D eigenvalue weighted by atomic mass is 10.2. The molecule has 66 valence electrons. The van der Waals surface area contributed by atoms with Gasteiger partial charge in [0.15, 0.2) is 5.15 Å². The van der Waals surface area contributed by atoms with Gasteiger partial charge in [0.25, 0.3) is 0 Å². The SMILES string of the molecule is Cn1cnc(Cl)c1[C@@H]1C[C@H]1CN. The number of aromatic nitrogens is 2. The highest BCUT2D eigenvalue weighted by Gasteiger charge is 2.40. The molecule has 12 heavy (non-hydrogen) atoms. The number of halogens is 1. The second-order valence-corrected chi connectivity index (χ2v) is 3.73. The Morgan fingerprint density at radius 1 is 1.83 bits per heavy atom. The van der Waals surface area contributed by atoms with Crippen LogP contribution in [-0.2, 0) is 7.05 Å². The highest BCUT2D eigenvalue weighted by atomic mass is 35.5. The van der Waals surface area contributed by atoms with E-state index in [4.69, 9.17) is 17.3 Å². The van der Waals surface area contributed by atoms with Crippen molar-refractivity contribution >= 4 is 11.6 Å². The monoisotopic (exact) mass is 185 g/mol. The van der Waals surface area contributed by atoms with Crippen LogP contribution in [0.15, 0.2) is 6.33 Å². The van der Waals surface area contributed by atoms with E-state index in [0.717, 1.165) is 18.7 Å². The van der Waals surface area contributed by atoms with E-state index >= 15 is 0 Å². The van der Waals surface area contributed by atoms with Crippen LogP contribution in [0, 0.1) is 5.92 Å². The highest BCUT2D eigenvalue weighted by Crippen LogP contribution is 2.48. The maximum atomic E-state index is 5.93. The van der Waals surface area contributed by atoms with Crippen molar-refractivity contribution in [3.05, 3.63) is 17.2 Å². The van der Waals surface area contributed by atoms with Crippen LogP contribution in [-0.4, -0.2) is 16.1 Å². The molecule has 0 saturated heterocycles. The van der Waals surface area contributed by atoms with Gasteiger partial charge in [-0.2, -0.15) is 0 Å². The third-order valence-corrected chi connectivity index (χ3v) is 2.80. The summed E-state index contributed by atoms with van der Waals surface area (Å²) in [6, 6.07) is 0. The van der Waals surface area contributed by atoms with Crippen molar-refractivity contribution in [2.24, 2.45) is 18.7 Å². The zero-order valence-corrected chi connectivity index (χ0v) is 7.75. The van der Waals surface area contributed by atoms with E-state index in [0.29, 0.717) is 17.0 Å². The van der Waals surface area contributed by atoms with Crippen LogP contribution >= 0.6 is 11.6 Å². The minimum Gasteiger partial charge on any atom is -0.336 e. The number of rotatable bonds is 2. The summed E-state index contributed by atoms with van der Waals surface area (Å²) in [4.78, 5) is 4.03. The number of hydrogen-bond donors (Lipinski definition) is 1. The molecule has 1 heterocycles.